The number of anilines is 2. The number of morpholine rings is 1. The second-order valence-corrected chi connectivity index (χ2v) is 8.81. The van der Waals surface area contributed by atoms with Crippen molar-refractivity contribution in [2.75, 3.05) is 49.7 Å². The van der Waals surface area contributed by atoms with Gasteiger partial charge in [0.2, 0.25) is 0 Å². The molecule has 1 saturated heterocycles. The van der Waals surface area contributed by atoms with Crippen molar-refractivity contribution in [3.05, 3.63) is 39.3 Å². The van der Waals surface area contributed by atoms with Gasteiger partial charge in [0.15, 0.2) is 0 Å². The Hall–Kier alpha value is -3.11. The van der Waals surface area contributed by atoms with E-state index in [2.05, 4.69) is 15.2 Å². The fourth-order valence-corrected chi connectivity index (χ4v) is 5.06. The lowest BCUT2D eigenvalue weighted by Gasteiger charge is -2.31. The summed E-state index contributed by atoms with van der Waals surface area (Å²) in [4.78, 5) is 33.7. The number of carbonyl (C=O) groups is 1. The first-order valence-electron chi connectivity index (χ1n) is 11.5. The summed E-state index contributed by atoms with van der Waals surface area (Å²) in [6.45, 7) is 11.7. The van der Waals surface area contributed by atoms with Crippen molar-refractivity contribution in [1.29, 1.82) is 0 Å². The third kappa shape index (κ3) is 4.60. The molecule has 2 aromatic heterocycles. The van der Waals surface area contributed by atoms with Gasteiger partial charge < -0.3 is 24.4 Å². The Kier molecular flexibility index (Phi) is 7.38. The van der Waals surface area contributed by atoms with Crippen LogP contribution in [0.2, 0.25) is 0 Å². The van der Waals surface area contributed by atoms with Crippen LogP contribution in [0.5, 0.6) is 11.5 Å². The van der Waals surface area contributed by atoms with E-state index in [1.165, 1.54) is 22.2 Å². The second-order valence-electron chi connectivity index (χ2n) is 7.81. The van der Waals surface area contributed by atoms with Gasteiger partial charge in [0.25, 0.3) is 11.5 Å². The van der Waals surface area contributed by atoms with E-state index in [1.807, 2.05) is 32.9 Å². The number of aryl methyl sites for hydroxylation is 2. The van der Waals surface area contributed by atoms with Gasteiger partial charge in [-0.25, -0.2) is 4.98 Å². The molecule has 0 unspecified atom stereocenters. The van der Waals surface area contributed by atoms with Crippen molar-refractivity contribution in [3.8, 4) is 11.5 Å². The number of thiophene rings is 1. The van der Waals surface area contributed by atoms with Crippen molar-refractivity contribution >= 4 is 38.8 Å². The molecule has 182 valence electrons. The van der Waals surface area contributed by atoms with Crippen LogP contribution in [-0.4, -0.2) is 55.0 Å². The maximum atomic E-state index is 13.3. The molecule has 0 aliphatic carbocycles. The second kappa shape index (κ2) is 10.4. The predicted octanol–water partition coefficient (Wildman–Crippen LogP) is 3.67. The van der Waals surface area contributed by atoms with Gasteiger partial charge in [-0.3, -0.25) is 14.2 Å². The van der Waals surface area contributed by atoms with Crippen LogP contribution < -0.4 is 25.2 Å². The van der Waals surface area contributed by atoms with Crippen LogP contribution in [0.1, 0.15) is 36.0 Å². The monoisotopic (exact) mass is 486 g/mol. The lowest BCUT2D eigenvalue weighted by atomic mass is 10.1. The molecule has 4 rings (SSSR count). The Morgan fingerprint density at radius 1 is 1.15 bits per heavy atom. The van der Waals surface area contributed by atoms with Gasteiger partial charge in [0, 0.05) is 31.8 Å². The van der Waals surface area contributed by atoms with E-state index in [1.54, 1.807) is 6.92 Å². The van der Waals surface area contributed by atoms with Gasteiger partial charge >= 0.3 is 0 Å². The Morgan fingerprint density at radius 3 is 2.53 bits per heavy atom. The minimum atomic E-state index is -0.314. The standard InChI is InChI=1S/C24H30N4O5S/c1-5-27-14-25-23-20(24(27)30)15(4)21(34-23)22(29)26-16-12-19(33-7-3)17(13-18(16)32-6-2)28-8-10-31-11-9-28/h12-14H,5-11H2,1-4H3,(H,26,29). The van der Waals surface area contributed by atoms with Gasteiger partial charge in [-0.1, -0.05) is 0 Å². The molecular formula is C24H30N4O5S. The number of rotatable bonds is 8. The van der Waals surface area contributed by atoms with E-state index < -0.39 is 0 Å². The molecule has 3 aromatic rings. The van der Waals surface area contributed by atoms with E-state index in [9.17, 15) is 9.59 Å². The van der Waals surface area contributed by atoms with Crippen LogP contribution in [0, 0.1) is 6.92 Å². The lowest BCUT2D eigenvalue weighted by Crippen LogP contribution is -2.36. The molecule has 0 saturated carbocycles. The van der Waals surface area contributed by atoms with E-state index >= 15 is 0 Å². The molecule has 10 heteroatoms. The van der Waals surface area contributed by atoms with E-state index in [0.717, 1.165) is 18.8 Å². The highest BCUT2D eigenvalue weighted by molar-refractivity contribution is 7.20. The number of ether oxygens (including phenoxy) is 3. The number of amides is 1. The first-order valence-corrected chi connectivity index (χ1v) is 12.4. The number of fused-ring (bicyclic) bond motifs is 1. The SMILES string of the molecule is CCOc1cc(N2CCOCC2)c(OCC)cc1NC(=O)c1sc2ncn(CC)c(=O)c2c1C. The highest BCUT2D eigenvalue weighted by Crippen LogP contribution is 2.40. The first kappa shape index (κ1) is 24.0. The maximum Gasteiger partial charge on any atom is 0.266 e. The van der Waals surface area contributed by atoms with Crippen molar-refractivity contribution in [2.24, 2.45) is 0 Å². The molecule has 1 N–H and O–H groups in total. The average Bonchev–Trinajstić information content (AvgIpc) is 3.19. The number of hydrogen-bond acceptors (Lipinski definition) is 8. The van der Waals surface area contributed by atoms with Gasteiger partial charge in [-0.15, -0.1) is 11.3 Å². The molecule has 9 nitrogen and oxygen atoms in total. The summed E-state index contributed by atoms with van der Waals surface area (Å²) in [6.07, 6.45) is 1.52. The molecule has 1 amide bonds. The van der Waals surface area contributed by atoms with Crippen LogP contribution in [-0.2, 0) is 11.3 Å². The zero-order valence-electron chi connectivity index (χ0n) is 20.0. The predicted molar refractivity (Wildman–Crippen MR) is 134 cm³/mol. The number of aromatic nitrogens is 2. The summed E-state index contributed by atoms with van der Waals surface area (Å²) in [7, 11) is 0. The molecule has 3 heterocycles. The molecular weight excluding hydrogens is 456 g/mol. The van der Waals surface area contributed by atoms with Crippen molar-refractivity contribution in [2.45, 2.75) is 34.2 Å². The molecule has 1 fully saturated rings. The van der Waals surface area contributed by atoms with Crippen molar-refractivity contribution < 1.29 is 19.0 Å². The first-order chi connectivity index (χ1) is 16.5. The number of carbonyl (C=O) groups excluding carboxylic acids is 1. The van der Waals surface area contributed by atoms with Crippen molar-refractivity contribution in [1.82, 2.24) is 9.55 Å². The third-order valence-corrected chi connectivity index (χ3v) is 6.92. The van der Waals surface area contributed by atoms with E-state index in [4.69, 9.17) is 14.2 Å². The van der Waals surface area contributed by atoms with E-state index in [-0.39, 0.29) is 11.5 Å². The van der Waals surface area contributed by atoms with Crippen LogP contribution >= 0.6 is 11.3 Å². The third-order valence-electron chi connectivity index (χ3n) is 5.73. The summed E-state index contributed by atoms with van der Waals surface area (Å²) in [6, 6.07) is 3.72. The topological polar surface area (TPSA) is 94.9 Å². The highest BCUT2D eigenvalue weighted by Gasteiger charge is 2.23. The van der Waals surface area contributed by atoms with Crippen molar-refractivity contribution in [3.63, 3.8) is 0 Å². The molecule has 1 aliphatic heterocycles. The van der Waals surface area contributed by atoms with Gasteiger partial charge in [0.05, 0.1) is 54.4 Å². The molecule has 34 heavy (non-hydrogen) atoms. The van der Waals surface area contributed by atoms with Crippen LogP contribution in [0.3, 0.4) is 0 Å². The van der Waals surface area contributed by atoms with Crippen LogP contribution in [0.15, 0.2) is 23.3 Å². The Bertz CT molecular complexity index is 1250. The fraction of sp³-hybridized carbons (Fsp3) is 0.458. The van der Waals surface area contributed by atoms with Gasteiger partial charge in [-0.2, -0.15) is 0 Å². The Labute approximate surface area is 202 Å². The molecule has 1 aliphatic rings. The molecule has 0 bridgehead atoms. The average molecular weight is 487 g/mol. The molecule has 1 aromatic carbocycles. The smallest absolute Gasteiger partial charge is 0.266 e. The van der Waals surface area contributed by atoms with Gasteiger partial charge in [-0.05, 0) is 33.3 Å². The minimum Gasteiger partial charge on any atom is -0.492 e. The minimum absolute atomic E-state index is 0.135. The normalized spacial score (nSPS) is 13.8. The summed E-state index contributed by atoms with van der Waals surface area (Å²) >= 11 is 1.21. The summed E-state index contributed by atoms with van der Waals surface area (Å²) in [5.74, 6) is 0.917. The largest absolute Gasteiger partial charge is 0.492 e. The zero-order valence-corrected chi connectivity index (χ0v) is 20.8. The molecule has 0 radical (unpaired) electrons. The molecule has 0 atom stereocenters. The number of nitrogens with zero attached hydrogens (tertiary/aromatic N) is 3. The van der Waals surface area contributed by atoms with E-state index in [0.29, 0.717) is 70.8 Å². The summed E-state index contributed by atoms with van der Waals surface area (Å²) in [5, 5.41) is 3.47. The summed E-state index contributed by atoms with van der Waals surface area (Å²) in [5.41, 5.74) is 1.92. The van der Waals surface area contributed by atoms with Crippen LogP contribution in [0.4, 0.5) is 11.4 Å². The maximum absolute atomic E-state index is 13.3. The summed E-state index contributed by atoms with van der Waals surface area (Å²) < 4.78 is 18.8. The molecule has 0 spiro atoms. The zero-order chi connectivity index (χ0) is 24.2. The fourth-order valence-electron chi connectivity index (χ4n) is 4.02. The Morgan fingerprint density at radius 2 is 1.85 bits per heavy atom. The Balaban J connectivity index is 1.72. The number of benzene rings is 1. The quantitative estimate of drug-likeness (QED) is 0.519. The van der Waals surface area contributed by atoms with Crippen LogP contribution in [0.25, 0.3) is 10.2 Å². The highest BCUT2D eigenvalue weighted by atomic mass is 32.1. The number of nitrogens with one attached hydrogen (secondary N) is 1. The number of hydrogen-bond donors (Lipinski definition) is 1. The lowest BCUT2D eigenvalue weighted by molar-refractivity contribution is 0.102. The van der Waals surface area contributed by atoms with Gasteiger partial charge in [0.1, 0.15) is 16.3 Å².